The number of anilines is 6. The van der Waals surface area contributed by atoms with E-state index in [1.165, 1.54) is 26.9 Å². The first kappa shape index (κ1) is 36.5. The van der Waals surface area contributed by atoms with Gasteiger partial charge in [0.15, 0.2) is 0 Å². The minimum atomic E-state index is 0.871. The van der Waals surface area contributed by atoms with Gasteiger partial charge < -0.3 is 14.2 Å². The molecule has 1 aromatic heterocycles. The number of furan rings is 1. The minimum Gasteiger partial charge on any atom is -0.455 e. The van der Waals surface area contributed by atoms with Crippen LogP contribution in [0.25, 0.3) is 76.5 Å². The van der Waals surface area contributed by atoms with Crippen LogP contribution in [0.1, 0.15) is 0 Å². The molecule has 0 aliphatic carbocycles. The summed E-state index contributed by atoms with van der Waals surface area (Å²) in [6.45, 7) is 0. The smallest absolute Gasteiger partial charge is 0.143 e. The van der Waals surface area contributed by atoms with Gasteiger partial charge in [0.05, 0.1) is 11.4 Å². The van der Waals surface area contributed by atoms with Gasteiger partial charge in [-0.25, -0.2) is 0 Å². The second-order valence-corrected chi connectivity index (χ2v) is 16.1. The lowest BCUT2D eigenvalue weighted by Gasteiger charge is -2.27. The van der Waals surface area contributed by atoms with Gasteiger partial charge in [-0.3, -0.25) is 0 Å². The van der Waals surface area contributed by atoms with Crippen molar-refractivity contribution in [3.05, 3.63) is 243 Å². The summed E-state index contributed by atoms with van der Waals surface area (Å²) in [4.78, 5) is 4.70. The quantitative estimate of drug-likeness (QED) is 0.153. The second-order valence-electron chi connectivity index (χ2n) is 16.1. The molecule has 0 aliphatic heterocycles. The molecule has 0 unspecified atom stereocenters. The molecule has 63 heavy (non-hydrogen) atoms. The summed E-state index contributed by atoms with van der Waals surface area (Å²) in [5, 5.41) is 9.39. The molecule has 1 heterocycles. The molecule has 11 aromatic carbocycles. The monoisotopic (exact) mass is 804 g/mol. The van der Waals surface area contributed by atoms with E-state index in [4.69, 9.17) is 4.42 Å². The molecule has 0 amide bonds. The SMILES string of the molecule is c1ccc(N(c2ccc(-c3ccc4oc5c(-c6ccc(N(c7ccccc7)c7cccc8ccccc78)cc6)c6ccccc6cc5c4c3)cc2)c2cccc3ccccc23)cc1. The highest BCUT2D eigenvalue weighted by Crippen LogP contribution is 2.45. The van der Waals surface area contributed by atoms with Crippen molar-refractivity contribution in [2.24, 2.45) is 0 Å². The summed E-state index contributed by atoms with van der Waals surface area (Å²) < 4.78 is 6.87. The first-order valence-electron chi connectivity index (χ1n) is 21.5. The van der Waals surface area contributed by atoms with Crippen LogP contribution in [-0.4, -0.2) is 0 Å². The maximum absolute atomic E-state index is 6.87. The zero-order valence-corrected chi connectivity index (χ0v) is 34.4. The van der Waals surface area contributed by atoms with Crippen molar-refractivity contribution in [2.45, 2.75) is 0 Å². The lowest BCUT2D eigenvalue weighted by atomic mass is 9.94. The Hall–Kier alpha value is -8.40. The van der Waals surface area contributed by atoms with E-state index in [1.54, 1.807) is 0 Å². The first-order valence-corrected chi connectivity index (χ1v) is 21.5. The summed E-state index contributed by atoms with van der Waals surface area (Å²) in [6, 6.07) is 86.9. The number of hydrogen-bond acceptors (Lipinski definition) is 3. The predicted molar refractivity (Wildman–Crippen MR) is 266 cm³/mol. The Morgan fingerprint density at radius 1 is 0.270 bits per heavy atom. The molecule has 3 nitrogen and oxygen atoms in total. The van der Waals surface area contributed by atoms with Crippen molar-refractivity contribution >= 4 is 88.4 Å². The van der Waals surface area contributed by atoms with E-state index in [0.29, 0.717) is 0 Å². The molecule has 0 N–H and O–H groups in total. The Balaban J connectivity index is 0.947. The Kier molecular flexibility index (Phi) is 8.83. The van der Waals surface area contributed by atoms with E-state index in [0.717, 1.165) is 83.7 Å². The third-order valence-electron chi connectivity index (χ3n) is 12.4. The summed E-state index contributed by atoms with van der Waals surface area (Å²) in [5.74, 6) is 0. The Morgan fingerprint density at radius 2 is 0.714 bits per heavy atom. The van der Waals surface area contributed by atoms with Crippen LogP contribution in [0.2, 0.25) is 0 Å². The number of rotatable bonds is 8. The van der Waals surface area contributed by atoms with Crippen LogP contribution in [-0.2, 0) is 0 Å². The summed E-state index contributed by atoms with van der Waals surface area (Å²) in [7, 11) is 0. The average molecular weight is 805 g/mol. The summed E-state index contributed by atoms with van der Waals surface area (Å²) in [5.41, 5.74) is 13.0. The molecule has 296 valence electrons. The third kappa shape index (κ3) is 6.38. The van der Waals surface area contributed by atoms with E-state index < -0.39 is 0 Å². The van der Waals surface area contributed by atoms with Crippen LogP contribution in [0.15, 0.2) is 247 Å². The molecular weight excluding hydrogens is 765 g/mol. The minimum absolute atomic E-state index is 0.871. The van der Waals surface area contributed by atoms with Gasteiger partial charge in [-0.15, -0.1) is 0 Å². The van der Waals surface area contributed by atoms with Crippen LogP contribution in [0.3, 0.4) is 0 Å². The molecule has 0 saturated heterocycles. The zero-order chi connectivity index (χ0) is 41.7. The summed E-state index contributed by atoms with van der Waals surface area (Å²) in [6.07, 6.45) is 0. The number of benzene rings is 11. The van der Waals surface area contributed by atoms with Crippen molar-refractivity contribution in [1.82, 2.24) is 0 Å². The molecule has 0 fully saturated rings. The molecule has 0 aliphatic rings. The molecule has 12 aromatic rings. The van der Waals surface area contributed by atoms with Crippen molar-refractivity contribution < 1.29 is 4.42 Å². The van der Waals surface area contributed by atoms with E-state index in [2.05, 4.69) is 252 Å². The number of nitrogens with zero attached hydrogens (tertiary/aromatic N) is 2. The normalized spacial score (nSPS) is 11.5. The van der Waals surface area contributed by atoms with Crippen LogP contribution in [0, 0.1) is 0 Å². The molecule has 0 bridgehead atoms. The lowest BCUT2D eigenvalue weighted by molar-refractivity contribution is 0.670. The van der Waals surface area contributed by atoms with Crippen molar-refractivity contribution in [2.75, 3.05) is 9.80 Å². The summed E-state index contributed by atoms with van der Waals surface area (Å²) >= 11 is 0. The molecule has 0 spiro atoms. The van der Waals surface area contributed by atoms with Gasteiger partial charge in [0.2, 0.25) is 0 Å². The maximum atomic E-state index is 6.87. The number of para-hydroxylation sites is 2. The predicted octanol–water partition coefficient (Wildman–Crippen LogP) is 17.3. The van der Waals surface area contributed by atoms with E-state index in [1.807, 2.05) is 0 Å². The standard InChI is InChI=1S/C60H40N2O/c1-3-20-47(21-4-1)61(56-27-13-18-42-15-7-10-24-51(42)56)49-34-29-41(30-35-49)45-33-38-58-54(39-45)55-40-46-17-9-12-26-53(46)59(60(55)63-58)44-31-36-50(37-32-44)62(48-22-5-2-6-23-48)57-28-14-19-43-16-8-11-25-52(43)57/h1-40H. The van der Waals surface area contributed by atoms with E-state index in [9.17, 15) is 0 Å². The van der Waals surface area contributed by atoms with Crippen LogP contribution < -0.4 is 9.80 Å². The van der Waals surface area contributed by atoms with Gasteiger partial charge in [0, 0.05) is 49.9 Å². The van der Waals surface area contributed by atoms with Crippen molar-refractivity contribution in [3.63, 3.8) is 0 Å². The largest absolute Gasteiger partial charge is 0.455 e. The highest BCUT2D eigenvalue weighted by Gasteiger charge is 2.20. The fourth-order valence-electron chi connectivity index (χ4n) is 9.44. The molecule has 0 radical (unpaired) electrons. The molecule has 0 saturated carbocycles. The zero-order valence-electron chi connectivity index (χ0n) is 34.4. The average Bonchev–Trinajstić information content (AvgIpc) is 3.72. The molecule has 12 rings (SSSR count). The van der Waals surface area contributed by atoms with Crippen molar-refractivity contribution in [3.8, 4) is 22.3 Å². The lowest BCUT2D eigenvalue weighted by Crippen LogP contribution is -2.10. The molecular formula is C60H40N2O. The van der Waals surface area contributed by atoms with Gasteiger partial charge in [0.25, 0.3) is 0 Å². The Morgan fingerprint density at radius 3 is 1.29 bits per heavy atom. The van der Waals surface area contributed by atoms with Gasteiger partial charge in [0.1, 0.15) is 11.2 Å². The second kappa shape index (κ2) is 15.3. The van der Waals surface area contributed by atoms with Gasteiger partial charge in [-0.2, -0.15) is 0 Å². The van der Waals surface area contributed by atoms with Gasteiger partial charge in [-0.05, 0) is 117 Å². The van der Waals surface area contributed by atoms with E-state index >= 15 is 0 Å². The molecule has 0 atom stereocenters. The van der Waals surface area contributed by atoms with E-state index in [-0.39, 0.29) is 0 Å². The Bertz CT molecular complexity index is 3600. The highest BCUT2D eigenvalue weighted by molar-refractivity contribution is 6.19. The number of fused-ring (bicyclic) bond motifs is 6. The highest BCUT2D eigenvalue weighted by atomic mass is 16.3. The fourth-order valence-corrected chi connectivity index (χ4v) is 9.44. The third-order valence-corrected chi connectivity index (χ3v) is 12.4. The van der Waals surface area contributed by atoms with Crippen LogP contribution in [0.4, 0.5) is 34.1 Å². The van der Waals surface area contributed by atoms with Crippen LogP contribution in [0.5, 0.6) is 0 Å². The fraction of sp³-hybridized carbons (Fsp3) is 0. The Labute approximate surface area is 365 Å². The first-order chi connectivity index (χ1) is 31.2. The maximum Gasteiger partial charge on any atom is 0.143 e. The van der Waals surface area contributed by atoms with Gasteiger partial charge >= 0.3 is 0 Å². The van der Waals surface area contributed by atoms with Crippen molar-refractivity contribution in [1.29, 1.82) is 0 Å². The molecule has 3 heteroatoms. The topological polar surface area (TPSA) is 19.6 Å². The number of hydrogen-bond donors (Lipinski definition) is 0. The van der Waals surface area contributed by atoms with Crippen LogP contribution >= 0.6 is 0 Å². The van der Waals surface area contributed by atoms with Gasteiger partial charge in [-0.1, -0.05) is 164 Å².